The summed E-state index contributed by atoms with van der Waals surface area (Å²) in [5.74, 6) is -0.00562. The molecule has 0 spiro atoms. The van der Waals surface area contributed by atoms with Crippen molar-refractivity contribution in [2.45, 2.75) is 32.6 Å². The van der Waals surface area contributed by atoms with Gasteiger partial charge in [-0.2, -0.15) is 4.99 Å². The van der Waals surface area contributed by atoms with Gasteiger partial charge in [-0.25, -0.2) is 8.42 Å². The highest BCUT2D eigenvalue weighted by atomic mass is 32.2. The molecule has 0 atom stereocenters. The van der Waals surface area contributed by atoms with Crippen molar-refractivity contribution in [2.75, 3.05) is 12.9 Å². The summed E-state index contributed by atoms with van der Waals surface area (Å²) in [6.07, 6.45) is -0.136. The molecule has 8 heteroatoms. The van der Waals surface area contributed by atoms with Crippen LogP contribution in [0.3, 0.4) is 0 Å². The average Bonchev–Trinajstić information content (AvgIpc) is 3.06. The number of thiazole rings is 1. The Bertz CT molecular complexity index is 1190. The minimum Gasteiger partial charge on any atom is -0.495 e. The van der Waals surface area contributed by atoms with Crippen LogP contribution in [0.5, 0.6) is 5.75 Å². The number of aryl methyl sites for hydroxylation is 2. The van der Waals surface area contributed by atoms with Crippen LogP contribution in [0, 0.1) is 6.92 Å². The van der Waals surface area contributed by atoms with Crippen molar-refractivity contribution in [3.8, 4) is 5.75 Å². The summed E-state index contributed by atoms with van der Waals surface area (Å²) >= 11 is 1.41. The quantitative estimate of drug-likeness (QED) is 0.573. The van der Waals surface area contributed by atoms with Crippen molar-refractivity contribution in [3.63, 3.8) is 0 Å². The van der Waals surface area contributed by atoms with Crippen LogP contribution >= 0.6 is 11.3 Å². The van der Waals surface area contributed by atoms with Crippen LogP contribution < -0.4 is 9.54 Å². The summed E-state index contributed by atoms with van der Waals surface area (Å²) < 4.78 is 33.1. The van der Waals surface area contributed by atoms with Crippen molar-refractivity contribution < 1.29 is 17.9 Å². The lowest BCUT2D eigenvalue weighted by Crippen LogP contribution is -2.18. The molecule has 6 nitrogen and oxygen atoms in total. The molecule has 3 aromatic rings. The molecular formula is C21H24N2O4S2. The lowest BCUT2D eigenvalue weighted by atomic mass is 10.2. The number of fused-ring (bicyclic) bond motifs is 1. The van der Waals surface area contributed by atoms with E-state index in [1.165, 1.54) is 11.3 Å². The molecule has 0 saturated heterocycles. The van der Waals surface area contributed by atoms with E-state index >= 15 is 0 Å². The fourth-order valence-electron chi connectivity index (χ4n) is 3.13. The number of methoxy groups -OCH3 is 1. The first-order chi connectivity index (χ1) is 13.8. The largest absolute Gasteiger partial charge is 0.495 e. The summed E-state index contributed by atoms with van der Waals surface area (Å²) in [5.41, 5.74) is 2.70. The minimum atomic E-state index is -3.38. The Hall–Kier alpha value is -2.45. The van der Waals surface area contributed by atoms with E-state index in [2.05, 4.69) is 4.99 Å². The molecule has 154 valence electrons. The fourth-order valence-corrected chi connectivity index (χ4v) is 5.65. The van der Waals surface area contributed by atoms with Gasteiger partial charge in [0.05, 0.1) is 23.3 Å². The molecule has 1 heterocycles. The standard InChI is InChI=1S/C21H24N2O4S2/c1-4-23-19-17(27-3)11-10-15(2)20(19)28-21(23)22-18(24)12-13-29(25,26)14-16-8-6-5-7-9-16/h5-11H,4,12-14H2,1-3H3. The van der Waals surface area contributed by atoms with Gasteiger partial charge >= 0.3 is 0 Å². The summed E-state index contributed by atoms with van der Waals surface area (Å²) in [6.45, 7) is 4.60. The molecule has 0 unspecified atom stereocenters. The molecule has 0 aliphatic heterocycles. The number of carbonyl (C=O) groups excluding carboxylic acids is 1. The summed E-state index contributed by atoms with van der Waals surface area (Å²) in [7, 11) is -1.77. The number of carbonyl (C=O) groups is 1. The SMILES string of the molecule is CCn1c(=NC(=O)CCS(=O)(=O)Cc2ccccc2)sc2c(C)ccc(OC)c21. The second kappa shape index (κ2) is 8.92. The molecule has 29 heavy (non-hydrogen) atoms. The Morgan fingerprint density at radius 3 is 2.55 bits per heavy atom. The third-order valence-corrected chi connectivity index (χ3v) is 7.41. The van der Waals surface area contributed by atoms with Gasteiger partial charge in [-0.3, -0.25) is 4.79 Å². The summed E-state index contributed by atoms with van der Waals surface area (Å²) in [5, 5.41) is 0. The molecule has 1 amide bonds. The van der Waals surface area contributed by atoms with Crippen molar-refractivity contribution >= 4 is 37.3 Å². The van der Waals surface area contributed by atoms with Gasteiger partial charge in [0, 0.05) is 13.0 Å². The number of amides is 1. The molecule has 0 bridgehead atoms. The summed E-state index contributed by atoms with van der Waals surface area (Å²) in [4.78, 5) is 17.2. The lowest BCUT2D eigenvalue weighted by molar-refractivity contribution is -0.117. The van der Waals surface area contributed by atoms with Gasteiger partial charge in [-0.15, -0.1) is 0 Å². The van der Waals surface area contributed by atoms with E-state index in [4.69, 9.17) is 4.74 Å². The monoisotopic (exact) mass is 432 g/mol. The molecule has 2 aromatic carbocycles. The zero-order valence-electron chi connectivity index (χ0n) is 16.7. The van der Waals surface area contributed by atoms with Gasteiger partial charge in [0.25, 0.3) is 0 Å². The van der Waals surface area contributed by atoms with Crippen LogP contribution in [0.1, 0.15) is 24.5 Å². The Kier molecular flexibility index (Phi) is 6.54. The second-order valence-corrected chi connectivity index (χ2v) is 9.89. The Morgan fingerprint density at radius 2 is 1.90 bits per heavy atom. The first kappa shape index (κ1) is 21.3. The lowest BCUT2D eigenvalue weighted by Gasteiger charge is -2.07. The zero-order chi connectivity index (χ0) is 21.0. The third-order valence-electron chi connectivity index (χ3n) is 4.60. The normalized spacial score (nSPS) is 12.4. The van der Waals surface area contributed by atoms with Crippen LogP contribution in [0.15, 0.2) is 47.5 Å². The zero-order valence-corrected chi connectivity index (χ0v) is 18.3. The Balaban J connectivity index is 1.84. The molecule has 0 saturated carbocycles. The van der Waals surface area contributed by atoms with E-state index in [1.54, 1.807) is 31.4 Å². The third kappa shape index (κ3) is 4.94. The average molecular weight is 433 g/mol. The van der Waals surface area contributed by atoms with Crippen LogP contribution in [-0.2, 0) is 26.9 Å². The topological polar surface area (TPSA) is 77.7 Å². The highest BCUT2D eigenvalue weighted by Gasteiger charge is 2.16. The van der Waals surface area contributed by atoms with Gasteiger partial charge in [0.2, 0.25) is 5.91 Å². The van der Waals surface area contributed by atoms with Crippen molar-refractivity contribution in [1.82, 2.24) is 4.57 Å². The van der Waals surface area contributed by atoms with Crippen LogP contribution in [-0.4, -0.2) is 31.8 Å². The van der Waals surface area contributed by atoms with E-state index in [0.717, 1.165) is 21.5 Å². The number of aromatic nitrogens is 1. The number of hydrogen-bond acceptors (Lipinski definition) is 5. The van der Waals surface area contributed by atoms with Gasteiger partial charge in [0.1, 0.15) is 11.3 Å². The van der Waals surface area contributed by atoms with Gasteiger partial charge in [0.15, 0.2) is 14.6 Å². The van der Waals surface area contributed by atoms with Gasteiger partial charge in [-0.1, -0.05) is 47.7 Å². The molecule has 1 aromatic heterocycles. The Morgan fingerprint density at radius 1 is 1.17 bits per heavy atom. The highest BCUT2D eigenvalue weighted by molar-refractivity contribution is 7.90. The van der Waals surface area contributed by atoms with E-state index in [0.29, 0.717) is 16.9 Å². The molecule has 0 aliphatic rings. The Labute approximate surface area is 174 Å². The fraction of sp³-hybridized carbons (Fsp3) is 0.333. The van der Waals surface area contributed by atoms with Crippen molar-refractivity contribution in [3.05, 3.63) is 58.4 Å². The minimum absolute atomic E-state index is 0.0740. The molecule has 0 radical (unpaired) electrons. The molecule has 0 aliphatic carbocycles. The molecule has 0 fully saturated rings. The smallest absolute Gasteiger partial charge is 0.249 e. The predicted molar refractivity (Wildman–Crippen MR) is 116 cm³/mol. The van der Waals surface area contributed by atoms with Crippen molar-refractivity contribution in [2.24, 2.45) is 4.99 Å². The van der Waals surface area contributed by atoms with E-state index in [1.807, 2.05) is 36.6 Å². The van der Waals surface area contributed by atoms with Crippen LogP contribution in [0.25, 0.3) is 10.2 Å². The second-order valence-electron chi connectivity index (χ2n) is 6.72. The first-order valence-corrected chi connectivity index (χ1v) is 12.0. The molecule has 3 rings (SSSR count). The van der Waals surface area contributed by atoms with Crippen molar-refractivity contribution in [1.29, 1.82) is 0 Å². The maximum absolute atomic E-state index is 12.4. The van der Waals surface area contributed by atoms with Crippen LogP contribution in [0.4, 0.5) is 0 Å². The van der Waals surface area contributed by atoms with Crippen LogP contribution in [0.2, 0.25) is 0 Å². The first-order valence-electron chi connectivity index (χ1n) is 9.33. The maximum Gasteiger partial charge on any atom is 0.249 e. The van der Waals surface area contributed by atoms with E-state index in [-0.39, 0.29) is 17.9 Å². The summed E-state index contributed by atoms with van der Waals surface area (Å²) in [6, 6.07) is 12.8. The van der Waals surface area contributed by atoms with E-state index in [9.17, 15) is 13.2 Å². The number of sulfone groups is 1. The number of hydrogen-bond donors (Lipinski definition) is 0. The van der Waals surface area contributed by atoms with Gasteiger partial charge < -0.3 is 9.30 Å². The predicted octanol–water partition coefficient (Wildman–Crippen LogP) is 3.47. The maximum atomic E-state index is 12.4. The number of rotatable bonds is 7. The number of benzene rings is 2. The molecule has 0 N–H and O–H groups in total. The highest BCUT2D eigenvalue weighted by Crippen LogP contribution is 2.30. The van der Waals surface area contributed by atoms with E-state index < -0.39 is 15.7 Å². The number of ether oxygens (including phenoxy) is 1. The van der Waals surface area contributed by atoms with Gasteiger partial charge in [-0.05, 0) is 31.0 Å². The molecular weight excluding hydrogens is 408 g/mol. The number of nitrogens with zero attached hydrogens (tertiary/aromatic N) is 2.